The van der Waals surface area contributed by atoms with Crippen LogP contribution in [0.4, 0.5) is 5.69 Å². The Balaban J connectivity index is 1.80. The second kappa shape index (κ2) is 7.95. The van der Waals surface area contributed by atoms with Gasteiger partial charge in [0.05, 0.1) is 12.8 Å². The number of hydrogen-bond acceptors (Lipinski definition) is 3. The fraction of sp³-hybridized carbons (Fsp3) is 0.0667. The van der Waals surface area contributed by atoms with Crippen molar-refractivity contribution in [3.63, 3.8) is 0 Å². The molecule has 0 bridgehead atoms. The number of nitrogens with zero attached hydrogens (tertiary/aromatic N) is 1. The Kier molecular flexibility index (Phi) is 5.95. The molecule has 0 atom stereocenters. The number of carbonyl (C=O) groups is 1. The lowest BCUT2D eigenvalue weighted by Crippen LogP contribution is -2.25. The molecule has 2 aromatic rings. The number of benzene rings is 2. The summed E-state index contributed by atoms with van der Waals surface area (Å²) in [5, 5.41) is 6.94. The number of halogens is 2. The molecule has 0 spiro atoms. The highest BCUT2D eigenvalue weighted by molar-refractivity contribution is 9.10. The molecule has 1 amide bonds. The molecule has 0 aromatic heterocycles. The van der Waals surface area contributed by atoms with Crippen molar-refractivity contribution in [2.75, 3.05) is 11.9 Å². The zero-order valence-electron chi connectivity index (χ0n) is 11.0. The van der Waals surface area contributed by atoms with Crippen LogP contribution in [0.25, 0.3) is 0 Å². The van der Waals surface area contributed by atoms with Crippen LogP contribution in [0.15, 0.2) is 62.6 Å². The first kappa shape index (κ1) is 15.7. The molecule has 2 rings (SSSR count). The zero-order chi connectivity index (χ0) is 15.1. The minimum absolute atomic E-state index is 0.159. The Morgan fingerprint density at radius 2 is 1.81 bits per heavy atom. The van der Waals surface area contributed by atoms with Crippen LogP contribution in [0.5, 0.6) is 0 Å². The van der Waals surface area contributed by atoms with Gasteiger partial charge in [-0.25, -0.2) is 5.43 Å². The summed E-state index contributed by atoms with van der Waals surface area (Å²) >= 11 is 6.75. The third-order valence-electron chi connectivity index (χ3n) is 2.53. The number of carbonyl (C=O) groups excluding carboxylic acids is 1. The van der Waals surface area contributed by atoms with Gasteiger partial charge in [-0.2, -0.15) is 5.10 Å². The van der Waals surface area contributed by atoms with E-state index in [-0.39, 0.29) is 12.5 Å². The van der Waals surface area contributed by atoms with Crippen molar-refractivity contribution in [3.8, 4) is 0 Å². The monoisotopic (exact) mass is 409 g/mol. The lowest BCUT2D eigenvalue weighted by molar-refractivity contribution is -0.119. The molecule has 2 aromatic carbocycles. The second-order valence-electron chi connectivity index (χ2n) is 4.21. The van der Waals surface area contributed by atoms with E-state index in [0.29, 0.717) is 0 Å². The number of rotatable bonds is 5. The van der Waals surface area contributed by atoms with E-state index in [1.54, 1.807) is 6.21 Å². The van der Waals surface area contributed by atoms with Gasteiger partial charge in [-0.15, -0.1) is 0 Å². The SMILES string of the molecule is O=C(CNc1cccc(Br)c1)N/N=C\c1cccc(Br)c1. The first-order valence-electron chi connectivity index (χ1n) is 6.20. The fourth-order valence-electron chi connectivity index (χ4n) is 1.59. The highest BCUT2D eigenvalue weighted by Gasteiger charge is 1.99. The molecule has 4 nitrogen and oxygen atoms in total. The van der Waals surface area contributed by atoms with E-state index < -0.39 is 0 Å². The van der Waals surface area contributed by atoms with E-state index in [4.69, 9.17) is 0 Å². The van der Waals surface area contributed by atoms with Crippen LogP contribution in [0.1, 0.15) is 5.56 Å². The molecule has 0 saturated heterocycles. The number of anilines is 1. The summed E-state index contributed by atoms with van der Waals surface area (Å²) in [4.78, 5) is 11.7. The lowest BCUT2D eigenvalue weighted by Gasteiger charge is -2.05. The first-order chi connectivity index (χ1) is 10.1. The van der Waals surface area contributed by atoms with Gasteiger partial charge in [0.15, 0.2) is 0 Å². The second-order valence-corrected chi connectivity index (χ2v) is 6.04. The van der Waals surface area contributed by atoms with Crippen molar-refractivity contribution in [2.45, 2.75) is 0 Å². The standard InChI is InChI=1S/C15H13Br2N3O/c16-12-4-1-3-11(7-12)9-19-20-15(21)10-18-14-6-2-5-13(17)8-14/h1-9,18H,10H2,(H,20,21)/b19-9-. The van der Waals surface area contributed by atoms with Crippen molar-refractivity contribution in [3.05, 3.63) is 63.0 Å². The summed E-state index contributed by atoms with van der Waals surface area (Å²) in [6, 6.07) is 15.3. The normalized spacial score (nSPS) is 10.6. The Bertz CT molecular complexity index is 659. The summed E-state index contributed by atoms with van der Waals surface area (Å²) in [6.45, 7) is 0.159. The van der Waals surface area contributed by atoms with Crippen molar-refractivity contribution >= 4 is 49.7 Å². The fourth-order valence-corrected chi connectivity index (χ4v) is 2.40. The first-order valence-corrected chi connectivity index (χ1v) is 7.79. The van der Waals surface area contributed by atoms with Gasteiger partial charge in [-0.05, 0) is 35.9 Å². The maximum atomic E-state index is 11.7. The number of nitrogens with one attached hydrogen (secondary N) is 2. The van der Waals surface area contributed by atoms with Crippen LogP contribution in [0.2, 0.25) is 0 Å². The summed E-state index contributed by atoms with van der Waals surface area (Å²) in [7, 11) is 0. The van der Waals surface area contributed by atoms with Gasteiger partial charge in [0.25, 0.3) is 5.91 Å². The highest BCUT2D eigenvalue weighted by Crippen LogP contribution is 2.15. The number of amides is 1. The molecule has 21 heavy (non-hydrogen) atoms. The molecule has 0 aliphatic carbocycles. The molecule has 0 heterocycles. The summed E-state index contributed by atoms with van der Waals surface area (Å²) < 4.78 is 1.93. The third kappa shape index (κ3) is 5.69. The van der Waals surface area contributed by atoms with E-state index >= 15 is 0 Å². The van der Waals surface area contributed by atoms with Gasteiger partial charge in [-0.3, -0.25) is 4.79 Å². The van der Waals surface area contributed by atoms with E-state index in [2.05, 4.69) is 47.7 Å². The maximum Gasteiger partial charge on any atom is 0.259 e. The molecule has 0 aliphatic heterocycles. The summed E-state index contributed by atoms with van der Waals surface area (Å²) in [5.41, 5.74) is 4.25. The quantitative estimate of drug-likeness (QED) is 0.582. The van der Waals surface area contributed by atoms with Gasteiger partial charge in [0.1, 0.15) is 0 Å². The average molecular weight is 411 g/mol. The molecule has 0 radical (unpaired) electrons. The van der Waals surface area contributed by atoms with Crippen molar-refractivity contribution in [2.24, 2.45) is 5.10 Å². The summed E-state index contributed by atoms with van der Waals surface area (Å²) in [5.74, 6) is -0.207. The van der Waals surface area contributed by atoms with Crippen LogP contribution < -0.4 is 10.7 Å². The van der Waals surface area contributed by atoms with Crippen molar-refractivity contribution < 1.29 is 4.79 Å². The minimum atomic E-state index is -0.207. The molecule has 0 fully saturated rings. The van der Waals surface area contributed by atoms with E-state index in [9.17, 15) is 4.79 Å². The molecule has 0 aliphatic rings. The van der Waals surface area contributed by atoms with Gasteiger partial charge in [0.2, 0.25) is 0 Å². The highest BCUT2D eigenvalue weighted by atomic mass is 79.9. The topological polar surface area (TPSA) is 53.5 Å². The molecule has 108 valence electrons. The van der Waals surface area contributed by atoms with E-state index in [1.165, 1.54) is 0 Å². The number of hydrogen-bond donors (Lipinski definition) is 2. The van der Waals surface area contributed by atoms with Gasteiger partial charge >= 0.3 is 0 Å². The summed E-state index contributed by atoms with van der Waals surface area (Å²) in [6.07, 6.45) is 1.60. The van der Waals surface area contributed by atoms with Crippen LogP contribution in [-0.4, -0.2) is 18.7 Å². The Labute approximate surface area is 139 Å². The van der Waals surface area contributed by atoms with Gasteiger partial charge in [-0.1, -0.05) is 50.1 Å². The van der Waals surface area contributed by atoms with E-state index in [1.807, 2.05) is 48.5 Å². The maximum absolute atomic E-state index is 11.7. The largest absolute Gasteiger partial charge is 0.376 e. The Morgan fingerprint density at radius 3 is 2.52 bits per heavy atom. The molecular formula is C15H13Br2N3O. The van der Waals surface area contributed by atoms with Crippen LogP contribution >= 0.6 is 31.9 Å². The predicted octanol–water partition coefficient (Wildman–Crippen LogP) is 3.77. The van der Waals surface area contributed by atoms with Crippen molar-refractivity contribution in [1.29, 1.82) is 0 Å². The molecule has 2 N–H and O–H groups in total. The van der Waals surface area contributed by atoms with Gasteiger partial charge in [0, 0.05) is 14.6 Å². The zero-order valence-corrected chi connectivity index (χ0v) is 14.2. The van der Waals surface area contributed by atoms with Crippen molar-refractivity contribution in [1.82, 2.24) is 5.43 Å². The van der Waals surface area contributed by atoms with Gasteiger partial charge < -0.3 is 5.32 Å². The molecule has 0 saturated carbocycles. The Hall–Kier alpha value is -1.66. The third-order valence-corrected chi connectivity index (χ3v) is 3.52. The number of hydrazone groups is 1. The van der Waals surface area contributed by atoms with Crippen LogP contribution in [0, 0.1) is 0 Å². The molecule has 0 unspecified atom stereocenters. The minimum Gasteiger partial charge on any atom is -0.376 e. The smallest absolute Gasteiger partial charge is 0.259 e. The molecular weight excluding hydrogens is 398 g/mol. The molecule has 6 heteroatoms. The van der Waals surface area contributed by atoms with Crippen LogP contribution in [-0.2, 0) is 4.79 Å². The Morgan fingerprint density at radius 1 is 1.10 bits per heavy atom. The average Bonchev–Trinajstić information content (AvgIpc) is 2.45. The van der Waals surface area contributed by atoms with Crippen LogP contribution in [0.3, 0.4) is 0 Å². The lowest BCUT2D eigenvalue weighted by atomic mass is 10.2. The van der Waals surface area contributed by atoms with E-state index in [0.717, 1.165) is 20.2 Å². The predicted molar refractivity (Wildman–Crippen MR) is 92.5 cm³/mol.